The van der Waals surface area contributed by atoms with Gasteiger partial charge in [0.2, 0.25) is 0 Å². The van der Waals surface area contributed by atoms with Gasteiger partial charge in [0.05, 0.1) is 0 Å². The van der Waals surface area contributed by atoms with Crippen LogP contribution in [0.5, 0.6) is 5.88 Å². The van der Waals surface area contributed by atoms with E-state index in [1.807, 2.05) is 0 Å². The molecule has 0 spiro atoms. The zero-order valence-electron chi connectivity index (χ0n) is 14.1. The Morgan fingerprint density at radius 1 is 1.48 bits per heavy atom. The summed E-state index contributed by atoms with van der Waals surface area (Å²) in [6, 6.07) is 4.66. The molecule has 0 saturated carbocycles. The Kier molecular flexibility index (Phi) is 5.68. The largest absolute Gasteiger partial charge is 0.472 e. The lowest BCUT2D eigenvalue weighted by Crippen LogP contribution is -2.34. The SMILES string of the molecule is NS(=O)(=O)NCCOc1nonc1/C(C[C@H]1CCc2ccc(F)cc21)=N/O. The molecule has 0 radical (unpaired) electrons. The van der Waals surface area contributed by atoms with Gasteiger partial charge in [0, 0.05) is 13.0 Å². The van der Waals surface area contributed by atoms with Gasteiger partial charge in [-0.25, -0.2) is 14.2 Å². The predicted molar refractivity (Wildman–Crippen MR) is 91.3 cm³/mol. The van der Waals surface area contributed by atoms with Crippen molar-refractivity contribution in [3.05, 3.63) is 40.8 Å². The van der Waals surface area contributed by atoms with E-state index in [0.717, 1.165) is 24.0 Å². The van der Waals surface area contributed by atoms with Crippen LogP contribution in [0, 0.1) is 5.82 Å². The van der Waals surface area contributed by atoms with E-state index in [4.69, 9.17) is 9.88 Å². The Hall–Kier alpha value is -2.57. The maximum absolute atomic E-state index is 13.6. The van der Waals surface area contributed by atoms with Crippen LogP contribution in [0.15, 0.2) is 28.0 Å². The number of halogens is 1. The monoisotopic (exact) mass is 399 g/mol. The summed E-state index contributed by atoms with van der Waals surface area (Å²) in [5.74, 6) is -0.413. The van der Waals surface area contributed by atoms with E-state index in [1.54, 1.807) is 6.07 Å². The fourth-order valence-corrected chi connectivity index (χ4v) is 3.44. The highest BCUT2D eigenvalue weighted by Crippen LogP contribution is 2.37. The van der Waals surface area contributed by atoms with Crippen molar-refractivity contribution in [3.8, 4) is 5.88 Å². The molecule has 0 amide bonds. The minimum absolute atomic E-state index is 0.0449. The minimum Gasteiger partial charge on any atom is -0.472 e. The first-order chi connectivity index (χ1) is 12.9. The highest BCUT2D eigenvalue weighted by atomic mass is 32.2. The van der Waals surface area contributed by atoms with Crippen LogP contribution in [0.25, 0.3) is 0 Å². The van der Waals surface area contributed by atoms with Crippen LogP contribution in [0.3, 0.4) is 0 Å². The van der Waals surface area contributed by atoms with Gasteiger partial charge in [-0.1, -0.05) is 11.2 Å². The first-order valence-electron chi connectivity index (χ1n) is 8.09. The van der Waals surface area contributed by atoms with E-state index in [0.29, 0.717) is 0 Å². The van der Waals surface area contributed by atoms with Gasteiger partial charge >= 0.3 is 0 Å². The number of hydrogen-bond acceptors (Lipinski definition) is 8. The van der Waals surface area contributed by atoms with E-state index < -0.39 is 10.2 Å². The number of nitrogens with one attached hydrogen (secondary N) is 1. The van der Waals surface area contributed by atoms with Crippen molar-refractivity contribution >= 4 is 15.9 Å². The average molecular weight is 399 g/mol. The second-order valence-electron chi connectivity index (χ2n) is 6.04. The lowest BCUT2D eigenvalue weighted by Gasteiger charge is -2.12. The molecule has 27 heavy (non-hydrogen) atoms. The number of aromatic nitrogens is 2. The van der Waals surface area contributed by atoms with Gasteiger partial charge in [-0.3, -0.25) is 0 Å². The number of hydrogen-bond donors (Lipinski definition) is 3. The number of ether oxygens (including phenoxy) is 1. The molecule has 1 aromatic heterocycles. The van der Waals surface area contributed by atoms with Gasteiger partial charge < -0.3 is 9.94 Å². The number of fused-ring (bicyclic) bond motifs is 1. The molecule has 4 N–H and O–H groups in total. The summed E-state index contributed by atoms with van der Waals surface area (Å²) in [4.78, 5) is 0. The molecular formula is C15H18FN5O5S. The summed E-state index contributed by atoms with van der Waals surface area (Å²) in [5.41, 5.74) is 2.20. The van der Waals surface area contributed by atoms with Crippen LogP contribution in [-0.2, 0) is 16.6 Å². The van der Waals surface area contributed by atoms with Crippen LogP contribution in [-0.4, -0.2) is 42.8 Å². The number of aryl methyl sites for hydroxylation is 1. The molecule has 1 aromatic carbocycles. The number of benzene rings is 1. The first kappa shape index (κ1) is 19.2. The molecule has 1 aliphatic rings. The highest BCUT2D eigenvalue weighted by Gasteiger charge is 2.28. The molecule has 2 aromatic rings. The molecule has 0 fully saturated rings. The molecule has 1 aliphatic carbocycles. The van der Waals surface area contributed by atoms with Crippen LogP contribution in [0.1, 0.15) is 35.6 Å². The van der Waals surface area contributed by atoms with Crippen molar-refractivity contribution < 1.29 is 27.4 Å². The summed E-state index contributed by atoms with van der Waals surface area (Å²) in [7, 11) is -3.83. The van der Waals surface area contributed by atoms with Gasteiger partial charge in [-0.15, -0.1) is 0 Å². The molecule has 146 valence electrons. The van der Waals surface area contributed by atoms with Crippen LogP contribution >= 0.6 is 0 Å². The zero-order chi connectivity index (χ0) is 19.4. The fraction of sp³-hybridized carbons (Fsp3) is 0.400. The maximum Gasteiger partial charge on any atom is 0.285 e. The molecule has 0 saturated heterocycles. The van der Waals surface area contributed by atoms with Crippen molar-refractivity contribution in [1.29, 1.82) is 0 Å². The number of nitrogens with two attached hydrogens (primary N) is 1. The summed E-state index contributed by atoms with van der Waals surface area (Å²) >= 11 is 0. The van der Waals surface area contributed by atoms with Crippen LogP contribution < -0.4 is 14.6 Å². The van der Waals surface area contributed by atoms with E-state index in [2.05, 4.69) is 24.8 Å². The third kappa shape index (κ3) is 4.78. The molecule has 10 nitrogen and oxygen atoms in total. The van der Waals surface area contributed by atoms with Crippen molar-refractivity contribution in [3.63, 3.8) is 0 Å². The quantitative estimate of drug-likeness (QED) is 0.255. The van der Waals surface area contributed by atoms with Gasteiger partial charge in [-0.2, -0.15) is 13.1 Å². The van der Waals surface area contributed by atoms with Gasteiger partial charge in [0.15, 0.2) is 5.69 Å². The number of nitrogens with zero attached hydrogens (tertiary/aromatic N) is 3. The predicted octanol–water partition coefficient (Wildman–Crippen LogP) is 0.679. The summed E-state index contributed by atoms with van der Waals surface area (Å²) in [5, 5.41) is 24.8. The van der Waals surface area contributed by atoms with Crippen LogP contribution in [0.4, 0.5) is 4.39 Å². The average Bonchev–Trinajstić information content (AvgIpc) is 3.22. The molecule has 0 aliphatic heterocycles. The first-order valence-corrected chi connectivity index (χ1v) is 9.64. The Balaban J connectivity index is 1.68. The van der Waals surface area contributed by atoms with Crippen molar-refractivity contribution in [2.45, 2.75) is 25.2 Å². The Morgan fingerprint density at radius 3 is 3.04 bits per heavy atom. The second-order valence-corrected chi connectivity index (χ2v) is 7.41. The minimum atomic E-state index is -3.83. The van der Waals surface area contributed by atoms with E-state index in [9.17, 15) is 18.0 Å². The van der Waals surface area contributed by atoms with Gasteiger partial charge in [0.1, 0.15) is 18.1 Å². The standard InChI is InChI=1S/C15H18FN5O5S/c16-11-4-3-9-1-2-10(12(9)8-11)7-13(19-22)14-15(21-26-20-14)25-6-5-18-27(17,23)24/h3-4,8,10,18,22H,1-2,5-7H2,(H2,17,23,24)/b19-13+/t10-/m1/s1. The maximum atomic E-state index is 13.6. The molecule has 12 heteroatoms. The highest BCUT2D eigenvalue weighted by molar-refractivity contribution is 7.87. The molecule has 0 bridgehead atoms. The third-order valence-electron chi connectivity index (χ3n) is 4.25. The van der Waals surface area contributed by atoms with E-state index in [-0.39, 0.29) is 48.6 Å². The van der Waals surface area contributed by atoms with Gasteiger partial charge in [0.25, 0.3) is 16.1 Å². The van der Waals surface area contributed by atoms with E-state index in [1.165, 1.54) is 12.1 Å². The third-order valence-corrected chi connectivity index (χ3v) is 4.85. The molecular weight excluding hydrogens is 381 g/mol. The summed E-state index contributed by atoms with van der Waals surface area (Å²) < 4.78 is 47.2. The van der Waals surface area contributed by atoms with Crippen molar-refractivity contribution in [2.75, 3.05) is 13.2 Å². The zero-order valence-corrected chi connectivity index (χ0v) is 14.9. The number of oxime groups is 1. The smallest absolute Gasteiger partial charge is 0.285 e. The number of rotatable bonds is 8. The molecule has 1 atom stereocenters. The Morgan fingerprint density at radius 2 is 2.30 bits per heavy atom. The molecule has 0 unspecified atom stereocenters. The van der Waals surface area contributed by atoms with Crippen molar-refractivity contribution in [1.82, 2.24) is 15.0 Å². The van der Waals surface area contributed by atoms with Gasteiger partial charge in [-0.05, 0) is 52.3 Å². The topological polar surface area (TPSA) is 153 Å². The summed E-state index contributed by atoms with van der Waals surface area (Å²) in [6.45, 7) is -0.181. The lowest BCUT2D eigenvalue weighted by atomic mass is 9.94. The summed E-state index contributed by atoms with van der Waals surface area (Å²) in [6.07, 6.45) is 1.86. The molecule has 3 rings (SSSR count). The van der Waals surface area contributed by atoms with Crippen molar-refractivity contribution in [2.24, 2.45) is 10.3 Å². The fourth-order valence-electron chi connectivity index (χ4n) is 3.07. The Labute approximate surface area is 154 Å². The molecule has 1 heterocycles. The normalized spacial score (nSPS) is 17.1. The Bertz CT molecular complexity index is 946. The van der Waals surface area contributed by atoms with Crippen LogP contribution in [0.2, 0.25) is 0 Å². The van der Waals surface area contributed by atoms with E-state index >= 15 is 0 Å². The second kappa shape index (κ2) is 7.98. The lowest BCUT2D eigenvalue weighted by molar-refractivity contribution is 0.258.